The van der Waals surface area contributed by atoms with Gasteiger partial charge in [-0.25, -0.2) is 4.79 Å². The fourth-order valence-corrected chi connectivity index (χ4v) is 3.63. The number of carboxylic acids is 1. The highest BCUT2D eigenvalue weighted by atomic mass is 16.7. The van der Waals surface area contributed by atoms with E-state index in [1.54, 1.807) is 42.5 Å². The SMILES string of the molecule is O=C(O)C1CC=CON1C(=O)C(Cc1ccccc1)N1C(=O)c2ccccc2C1=O. The summed E-state index contributed by atoms with van der Waals surface area (Å²) < 4.78 is 0. The lowest BCUT2D eigenvalue weighted by Gasteiger charge is -2.34. The first-order valence-electron chi connectivity index (χ1n) is 9.37. The maximum atomic E-state index is 13.4. The van der Waals surface area contributed by atoms with Crippen molar-refractivity contribution in [3.63, 3.8) is 0 Å². The number of carbonyl (C=O) groups is 4. The van der Waals surface area contributed by atoms with Gasteiger partial charge >= 0.3 is 5.97 Å². The molecule has 0 spiro atoms. The molecule has 2 aliphatic heterocycles. The predicted octanol–water partition coefficient (Wildman–Crippen LogP) is 2.02. The van der Waals surface area contributed by atoms with Crippen LogP contribution in [0.25, 0.3) is 0 Å². The molecule has 2 aromatic rings. The van der Waals surface area contributed by atoms with Gasteiger partial charge < -0.3 is 9.94 Å². The summed E-state index contributed by atoms with van der Waals surface area (Å²) >= 11 is 0. The van der Waals surface area contributed by atoms with E-state index in [-0.39, 0.29) is 24.0 Å². The minimum atomic E-state index is -1.26. The fourth-order valence-electron chi connectivity index (χ4n) is 3.63. The lowest BCUT2D eigenvalue weighted by molar-refractivity contribution is -0.194. The van der Waals surface area contributed by atoms with Crippen LogP contribution in [0.1, 0.15) is 32.7 Å². The molecular formula is C22H18N2O6. The molecule has 0 fully saturated rings. The molecule has 0 saturated carbocycles. The molecule has 152 valence electrons. The van der Waals surface area contributed by atoms with Crippen molar-refractivity contribution >= 4 is 23.7 Å². The van der Waals surface area contributed by atoms with Crippen LogP contribution in [0.5, 0.6) is 0 Å². The number of carboxylic acid groups (broad SMARTS) is 1. The first-order chi connectivity index (χ1) is 14.5. The van der Waals surface area contributed by atoms with Gasteiger partial charge in [-0.2, -0.15) is 5.06 Å². The summed E-state index contributed by atoms with van der Waals surface area (Å²) in [6.45, 7) is 0. The van der Waals surface area contributed by atoms with Crippen LogP contribution in [0.15, 0.2) is 66.9 Å². The van der Waals surface area contributed by atoms with Crippen molar-refractivity contribution in [2.75, 3.05) is 0 Å². The van der Waals surface area contributed by atoms with Gasteiger partial charge in [-0.05, 0) is 23.8 Å². The minimum Gasteiger partial charge on any atom is -0.480 e. The molecule has 0 aromatic heterocycles. The first-order valence-corrected chi connectivity index (χ1v) is 9.37. The highest BCUT2D eigenvalue weighted by Crippen LogP contribution is 2.28. The van der Waals surface area contributed by atoms with Gasteiger partial charge in [-0.3, -0.25) is 19.3 Å². The molecule has 2 aromatic carbocycles. The summed E-state index contributed by atoms with van der Waals surface area (Å²) in [4.78, 5) is 57.2. The van der Waals surface area contributed by atoms with E-state index in [1.807, 2.05) is 0 Å². The van der Waals surface area contributed by atoms with Gasteiger partial charge in [-0.1, -0.05) is 42.5 Å². The zero-order chi connectivity index (χ0) is 21.3. The Bertz CT molecular complexity index is 1010. The smallest absolute Gasteiger partial charge is 0.330 e. The number of amides is 3. The Labute approximate surface area is 171 Å². The normalized spacial score (nSPS) is 18.7. The number of rotatable bonds is 5. The van der Waals surface area contributed by atoms with Crippen molar-refractivity contribution < 1.29 is 29.1 Å². The van der Waals surface area contributed by atoms with E-state index >= 15 is 0 Å². The molecule has 0 radical (unpaired) electrons. The number of hydrogen-bond donors (Lipinski definition) is 1. The van der Waals surface area contributed by atoms with Crippen molar-refractivity contribution in [3.8, 4) is 0 Å². The first kappa shape index (κ1) is 19.4. The van der Waals surface area contributed by atoms with Crippen LogP contribution in [0.4, 0.5) is 0 Å². The second-order valence-electron chi connectivity index (χ2n) is 6.96. The average Bonchev–Trinajstić information content (AvgIpc) is 3.03. The molecule has 2 unspecified atom stereocenters. The zero-order valence-corrected chi connectivity index (χ0v) is 15.8. The Morgan fingerprint density at radius 1 is 1.00 bits per heavy atom. The molecule has 4 rings (SSSR count). The predicted molar refractivity (Wildman–Crippen MR) is 104 cm³/mol. The van der Waals surface area contributed by atoms with Crippen molar-refractivity contribution in [2.24, 2.45) is 0 Å². The third-order valence-electron chi connectivity index (χ3n) is 5.11. The van der Waals surface area contributed by atoms with E-state index in [2.05, 4.69) is 0 Å². The standard InChI is InChI=1S/C22H18N2O6/c25-19-15-9-4-5-10-16(15)20(26)23(19)18(13-14-7-2-1-3-8-14)21(27)24-17(22(28)29)11-6-12-30-24/h1-10,12,17-18H,11,13H2,(H,28,29). The molecule has 3 amide bonds. The van der Waals surface area contributed by atoms with E-state index in [0.29, 0.717) is 5.56 Å². The van der Waals surface area contributed by atoms with Crippen LogP contribution in [0.2, 0.25) is 0 Å². The van der Waals surface area contributed by atoms with Crippen LogP contribution in [-0.2, 0) is 20.8 Å². The lowest BCUT2D eigenvalue weighted by Crippen LogP contribution is -2.56. The molecule has 0 saturated heterocycles. The van der Waals surface area contributed by atoms with Crippen LogP contribution in [-0.4, -0.2) is 50.8 Å². The number of benzene rings is 2. The molecule has 2 atom stereocenters. The van der Waals surface area contributed by atoms with E-state index in [1.165, 1.54) is 24.5 Å². The Kier molecular flexibility index (Phi) is 5.05. The summed E-state index contributed by atoms with van der Waals surface area (Å²) in [5.41, 5.74) is 1.14. The fraction of sp³-hybridized carbons (Fsp3) is 0.182. The van der Waals surface area contributed by atoms with Crippen LogP contribution >= 0.6 is 0 Å². The van der Waals surface area contributed by atoms with Crippen LogP contribution in [0, 0.1) is 0 Å². The van der Waals surface area contributed by atoms with E-state index < -0.39 is 35.8 Å². The molecule has 2 heterocycles. The van der Waals surface area contributed by atoms with Gasteiger partial charge in [-0.15, -0.1) is 0 Å². The second kappa shape index (κ2) is 7.82. The minimum absolute atomic E-state index is 0.0288. The number of nitrogens with zero attached hydrogens (tertiary/aromatic N) is 2. The number of carbonyl (C=O) groups excluding carboxylic acids is 3. The van der Waals surface area contributed by atoms with E-state index in [4.69, 9.17) is 4.84 Å². The Balaban J connectivity index is 1.73. The summed E-state index contributed by atoms with van der Waals surface area (Å²) in [5, 5.41) is 10.2. The van der Waals surface area contributed by atoms with E-state index in [9.17, 15) is 24.3 Å². The van der Waals surface area contributed by atoms with Crippen molar-refractivity contribution in [1.82, 2.24) is 9.96 Å². The van der Waals surface area contributed by atoms with Gasteiger partial charge in [0.05, 0.1) is 11.1 Å². The Morgan fingerprint density at radius 3 is 2.20 bits per heavy atom. The molecule has 1 N–H and O–H groups in total. The number of aliphatic carboxylic acids is 1. The Hall–Kier alpha value is -3.94. The number of fused-ring (bicyclic) bond motifs is 1. The topological polar surface area (TPSA) is 104 Å². The van der Waals surface area contributed by atoms with Gasteiger partial charge in [0, 0.05) is 12.8 Å². The second-order valence-corrected chi connectivity index (χ2v) is 6.96. The summed E-state index contributed by atoms with van der Waals surface area (Å²) in [6, 6.07) is 12.7. The van der Waals surface area contributed by atoms with Crippen molar-refractivity contribution in [3.05, 3.63) is 83.6 Å². The quantitative estimate of drug-likeness (QED) is 0.762. The monoisotopic (exact) mass is 406 g/mol. The van der Waals surface area contributed by atoms with Gasteiger partial charge in [0.2, 0.25) is 0 Å². The molecule has 2 aliphatic rings. The highest BCUT2D eigenvalue weighted by Gasteiger charge is 2.46. The van der Waals surface area contributed by atoms with Gasteiger partial charge in [0.15, 0.2) is 6.04 Å². The summed E-state index contributed by atoms with van der Waals surface area (Å²) in [5.74, 6) is -3.20. The van der Waals surface area contributed by atoms with Crippen LogP contribution in [0.3, 0.4) is 0 Å². The molecular weight excluding hydrogens is 388 g/mol. The van der Waals surface area contributed by atoms with Crippen LogP contribution < -0.4 is 0 Å². The maximum absolute atomic E-state index is 13.4. The lowest BCUT2D eigenvalue weighted by atomic mass is 10.0. The molecule has 8 nitrogen and oxygen atoms in total. The number of hydroxylamine groups is 2. The third kappa shape index (κ3) is 3.32. The zero-order valence-electron chi connectivity index (χ0n) is 15.8. The summed E-state index contributed by atoms with van der Waals surface area (Å²) in [6.07, 6.45) is 2.80. The summed E-state index contributed by atoms with van der Waals surface area (Å²) in [7, 11) is 0. The van der Waals surface area contributed by atoms with Gasteiger partial charge in [0.1, 0.15) is 12.3 Å². The average molecular weight is 406 g/mol. The van der Waals surface area contributed by atoms with Crippen molar-refractivity contribution in [2.45, 2.75) is 24.9 Å². The molecule has 8 heteroatoms. The van der Waals surface area contributed by atoms with Crippen molar-refractivity contribution in [1.29, 1.82) is 0 Å². The number of hydrogen-bond acceptors (Lipinski definition) is 5. The maximum Gasteiger partial charge on any atom is 0.330 e. The third-order valence-corrected chi connectivity index (χ3v) is 5.11. The number of imide groups is 1. The van der Waals surface area contributed by atoms with E-state index in [0.717, 1.165) is 9.96 Å². The Morgan fingerprint density at radius 2 is 1.60 bits per heavy atom. The molecule has 30 heavy (non-hydrogen) atoms. The molecule has 0 aliphatic carbocycles. The van der Waals surface area contributed by atoms with Gasteiger partial charge in [0.25, 0.3) is 17.7 Å². The molecule has 0 bridgehead atoms. The largest absolute Gasteiger partial charge is 0.480 e. The highest BCUT2D eigenvalue weighted by molar-refractivity contribution is 6.22.